The highest BCUT2D eigenvalue weighted by Gasteiger charge is 2.09. The van der Waals surface area contributed by atoms with Crippen LogP contribution in [0, 0.1) is 6.92 Å². The summed E-state index contributed by atoms with van der Waals surface area (Å²) in [6, 6.07) is 5.67. The zero-order valence-corrected chi connectivity index (χ0v) is 9.71. The third kappa shape index (κ3) is 3.57. The number of rotatable bonds is 4. The van der Waals surface area contributed by atoms with Crippen molar-refractivity contribution in [3.05, 3.63) is 40.9 Å². The van der Waals surface area contributed by atoms with Crippen LogP contribution in [0.1, 0.15) is 24.2 Å². The van der Waals surface area contributed by atoms with Gasteiger partial charge in [-0.1, -0.05) is 30.3 Å². The predicted octanol–water partition coefficient (Wildman–Crippen LogP) is 3.18. The molecule has 0 fully saturated rings. The Morgan fingerprint density at radius 3 is 2.80 bits per heavy atom. The molecular formula is C12H15ClO2. The van der Waals surface area contributed by atoms with Crippen LogP contribution in [0.3, 0.4) is 0 Å². The monoisotopic (exact) mass is 226 g/mol. The van der Waals surface area contributed by atoms with Crippen molar-refractivity contribution >= 4 is 11.6 Å². The summed E-state index contributed by atoms with van der Waals surface area (Å²) in [4.78, 5) is 0. The molecule has 15 heavy (non-hydrogen) atoms. The van der Waals surface area contributed by atoms with Gasteiger partial charge < -0.3 is 9.84 Å². The van der Waals surface area contributed by atoms with E-state index in [1.54, 1.807) is 6.92 Å². The van der Waals surface area contributed by atoms with Crippen molar-refractivity contribution in [3.8, 4) is 5.75 Å². The fourth-order valence-electron chi connectivity index (χ4n) is 1.27. The number of halogens is 1. The number of hydrogen-bond acceptors (Lipinski definition) is 2. The van der Waals surface area contributed by atoms with Gasteiger partial charge in [0.1, 0.15) is 12.4 Å². The van der Waals surface area contributed by atoms with Crippen molar-refractivity contribution in [2.24, 2.45) is 0 Å². The molecule has 1 rings (SSSR count). The highest BCUT2D eigenvalue weighted by molar-refractivity contribution is 6.29. The van der Waals surface area contributed by atoms with Crippen LogP contribution in [0.2, 0.25) is 0 Å². The molecular weight excluding hydrogens is 212 g/mol. The molecule has 0 amide bonds. The van der Waals surface area contributed by atoms with Gasteiger partial charge in [-0.15, -0.1) is 0 Å². The molecule has 0 aromatic heterocycles. The zero-order chi connectivity index (χ0) is 11.4. The second-order valence-electron chi connectivity index (χ2n) is 3.52. The van der Waals surface area contributed by atoms with Crippen molar-refractivity contribution in [1.82, 2.24) is 0 Å². The molecule has 0 radical (unpaired) electrons. The molecule has 0 spiro atoms. The molecule has 0 unspecified atom stereocenters. The lowest BCUT2D eigenvalue weighted by Gasteiger charge is -2.13. The Hall–Kier alpha value is -0.990. The van der Waals surface area contributed by atoms with Gasteiger partial charge in [0.05, 0.1) is 6.10 Å². The normalized spacial score (nSPS) is 12.3. The Morgan fingerprint density at radius 2 is 2.27 bits per heavy atom. The minimum absolute atomic E-state index is 0.255. The Morgan fingerprint density at radius 1 is 1.60 bits per heavy atom. The summed E-state index contributed by atoms with van der Waals surface area (Å²) >= 11 is 5.62. The number of aryl methyl sites for hydroxylation is 1. The van der Waals surface area contributed by atoms with E-state index in [9.17, 15) is 5.11 Å². The van der Waals surface area contributed by atoms with E-state index in [2.05, 4.69) is 6.58 Å². The first-order valence-corrected chi connectivity index (χ1v) is 5.13. The maximum atomic E-state index is 9.53. The highest BCUT2D eigenvalue weighted by Crippen LogP contribution is 2.26. The molecule has 0 heterocycles. The van der Waals surface area contributed by atoms with Gasteiger partial charge in [0.2, 0.25) is 0 Å². The van der Waals surface area contributed by atoms with Gasteiger partial charge in [0.15, 0.2) is 0 Å². The van der Waals surface area contributed by atoms with Crippen molar-refractivity contribution in [1.29, 1.82) is 0 Å². The molecule has 1 aromatic carbocycles. The lowest BCUT2D eigenvalue weighted by molar-refractivity contribution is 0.193. The van der Waals surface area contributed by atoms with Gasteiger partial charge in [-0.05, 0) is 25.5 Å². The first-order chi connectivity index (χ1) is 7.00. The second kappa shape index (κ2) is 5.19. The topological polar surface area (TPSA) is 29.5 Å². The van der Waals surface area contributed by atoms with Crippen molar-refractivity contribution in [2.45, 2.75) is 20.0 Å². The smallest absolute Gasteiger partial charge is 0.125 e. The lowest BCUT2D eigenvalue weighted by atomic mass is 10.1. The summed E-state index contributed by atoms with van der Waals surface area (Å²) in [7, 11) is 0. The maximum Gasteiger partial charge on any atom is 0.125 e. The van der Waals surface area contributed by atoms with Crippen LogP contribution >= 0.6 is 11.6 Å². The van der Waals surface area contributed by atoms with Gasteiger partial charge >= 0.3 is 0 Å². The Kier molecular flexibility index (Phi) is 4.18. The first kappa shape index (κ1) is 12.1. The van der Waals surface area contributed by atoms with Crippen LogP contribution in [-0.4, -0.2) is 11.7 Å². The minimum Gasteiger partial charge on any atom is -0.488 e. The molecule has 1 atom stereocenters. The molecule has 2 nitrogen and oxygen atoms in total. The van der Waals surface area contributed by atoms with Crippen LogP contribution in [0.25, 0.3) is 0 Å². The summed E-state index contributed by atoms with van der Waals surface area (Å²) in [5.74, 6) is 0.659. The number of aliphatic hydroxyl groups is 1. The van der Waals surface area contributed by atoms with E-state index < -0.39 is 6.10 Å². The molecule has 1 N–H and O–H groups in total. The van der Waals surface area contributed by atoms with E-state index in [4.69, 9.17) is 16.3 Å². The molecule has 1 aromatic rings. The summed E-state index contributed by atoms with van der Waals surface area (Å²) in [5, 5.41) is 9.96. The maximum absolute atomic E-state index is 9.53. The molecule has 0 saturated heterocycles. The molecule has 0 aliphatic rings. The van der Waals surface area contributed by atoms with E-state index >= 15 is 0 Å². The Bertz CT molecular complexity index is 359. The second-order valence-corrected chi connectivity index (χ2v) is 4.06. The molecule has 0 bridgehead atoms. The average molecular weight is 227 g/mol. The molecule has 82 valence electrons. The van der Waals surface area contributed by atoms with Crippen LogP contribution < -0.4 is 4.74 Å². The largest absolute Gasteiger partial charge is 0.488 e. The van der Waals surface area contributed by atoms with Gasteiger partial charge in [-0.25, -0.2) is 0 Å². The zero-order valence-electron chi connectivity index (χ0n) is 8.96. The van der Waals surface area contributed by atoms with Crippen molar-refractivity contribution in [3.63, 3.8) is 0 Å². The van der Waals surface area contributed by atoms with Gasteiger partial charge in [-0.2, -0.15) is 0 Å². The van der Waals surface area contributed by atoms with Gasteiger partial charge in [0.25, 0.3) is 0 Å². The summed E-state index contributed by atoms with van der Waals surface area (Å²) < 4.78 is 5.45. The van der Waals surface area contributed by atoms with Crippen molar-refractivity contribution in [2.75, 3.05) is 6.61 Å². The Balaban J connectivity index is 2.91. The van der Waals surface area contributed by atoms with Crippen LogP contribution in [0.4, 0.5) is 0 Å². The van der Waals surface area contributed by atoms with Crippen molar-refractivity contribution < 1.29 is 9.84 Å². The van der Waals surface area contributed by atoms with E-state index in [1.165, 1.54) is 0 Å². The summed E-state index contributed by atoms with van der Waals surface area (Å²) in [5.41, 5.74) is 1.84. The molecule has 0 saturated carbocycles. The number of benzene rings is 1. The minimum atomic E-state index is -0.552. The standard InChI is InChI=1S/C12H15ClO2/c1-8-4-5-11(10(3)14)12(6-8)15-7-9(2)13/h4-6,10,14H,2,7H2,1,3H3/t10-/m1/s1. The molecule has 3 heteroatoms. The Labute approximate surface area is 95.1 Å². The average Bonchev–Trinajstić information content (AvgIpc) is 2.14. The summed E-state index contributed by atoms with van der Waals surface area (Å²) in [6.07, 6.45) is -0.552. The fraction of sp³-hybridized carbons (Fsp3) is 0.333. The quantitative estimate of drug-likeness (QED) is 0.855. The number of aliphatic hydroxyl groups excluding tert-OH is 1. The van der Waals surface area contributed by atoms with Crippen LogP contribution in [0.5, 0.6) is 5.75 Å². The highest BCUT2D eigenvalue weighted by atomic mass is 35.5. The predicted molar refractivity (Wildman–Crippen MR) is 62.3 cm³/mol. The van der Waals surface area contributed by atoms with E-state index in [1.807, 2.05) is 25.1 Å². The first-order valence-electron chi connectivity index (χ1n) is 4.75. The third-order valence-electron chi connectivity index (χ3n) is 2.00. The number of ether oxygens (including phenoxy) is 1. The molecule has 0 aliphatic carbocycles. The van der Waals surface area contributed by atoms with Crippen LogP contribution in [-0.2, 0) is 0 Å². The van der Waals surface area contributed by atoms with Gasteiger partial charge in [-0.3, -0.25) is 0 Å². The third-order valence-corrected chi connectivity index (χ3v) is 2.11. The molecule has 0 aliphatic heterocycles. The number of hydrogen-bond donors (Lipinski definition) is 1. The lowest BCUT2D eigenvalue weighted by Crippen LogP contribution is -2.02. The fourth-order valence-corrected chi connectivity index (χ4v) is 1.32. The van der Waals surface area contributed by atoms with E-state index in [0.717, 1.165) is 11.1 Å². The SMILES string of the molecule is C=C(Cl)COc1cc(C)ccc1[C@@H](C)O. The van der Waals surface area contributed by atoms with Gasteiger partial charge in [0, 0.05) is 10.6 Å². The van der Waals surface area contributed by atoms with Crippen LogP contribution in [0.15, 0.2) is 29.8 Å². The summed E-state index contributed by atoms with van der Waals surface area (Å²) in [6.45, 7) is 7.47. The van der Waals surface area contributed by atoms with E-state index in [-0.39, 0.29) is 6.61 Å². The van der Waals surface area contributed by atoms with E-state index in [0.29, 0.717) is 10.8 Å².